The van der Waals surface area contributed by atoms with Crippen molar-refractivity contribution in [3.8, 4) is 0 Å². The second kappa shape index (κ2) is 7.51. The molecular formula is C16H20Cl2N4S. The van der Waals surface area contributed by atoms with Gasteiger partial charge in [-0.3, -0.25) is 4.68 Å². The van der Waals surface area contributed by atoms with E-state index in [-0.39, 0.29) is 6.04 Å². The van der Waals surface area contributed by atoms with Gasteiger partial charge in [0.2, 0.25) is 0 Å². The predicted molar refractivity (Wildman–Crippen MR) is 102 cm³/mol. The van der Waals surface area contributed by atoms with Crippen LogP contribution in [0.15, 0.2) is 18.2 Å². The molecule has 0 saturated heterocycles. The molecule has 1 aromatic heterocycles. The van der Waals surface area contributed by atoms with E-state index in [1.54, 1.807) is 6.07 Å². The summed E-state index contributed by atoms with van der Waals surface area (Å²) in [5.74, 6) is 0. The van der Waals surface area contributed by atoms with E-state index in [9.17, 15) is 0 Å². The summed E-state index contributed by atoms with van der Waals surface area (Å²) in [5, 5.41) is 12.8. The smallest absolute Gasteiger partial charge is 0.171 e. The van der Waals surface area contributed by atoms with Gasteiger partial charge in [0, 0.05) is 16.1 Å². The van der Waals surface area contributed by atoms with Gasteiger partial charge in [-0.15, -0.1) is 0 Å². The average Bonchev–Trinajstić information content (AvgIpc) is 2.69. The van der Waals surface area contributed by atoms with Crippen molar-refractivity contribution in [3.63, 3.8) is 0 Å². The fourth-order valence-corrected chi connectivity index (χ4v) is 3.06. The molecule has 0 fully saturated rings. The highest BCUT2D eigenvalue weighted by Gasteiger charge is 2.14. The molecule has 0 spiro atoms. The number of hydrogen-bond donors (Lipinski definition) is 2. The molecule has 7 heteroatoms. The molecule has 0 aliphatic carbocycles. The maximum absolute atomic E-state index is 6.25. The van der Waals surface area contributed by atoms with Crippen LogP contribution in [0.4, 0.5) is 5.69 Å². The van der Waals surface area contributed by atoms with Crippen LogP contribution in [0.5, 0.6) is 0 Å². The lowest BCUT2D eigenvalue weighted by molar-refractivity contribution is 0.659. The molecule has 23 heavy (non-hydrogen) atoms. The Morgan fingerprint density at radius 2 is 2.00 bits per heavy atom. The number of rotatable bonds is 4. The molecule has 2 N–H and O–H groups in total. The normalized spacial score (nSPS) is 10.9. The van der Waals surface area contributed by atoms with Gasteiger partial charge in [-0.1, -0.05) is 29.3 Å². The lowest BCUT2D eigenvalue weighted by atomic mass is 10.2. The maximum atomic E-state index is 6.25. The Balaban J connectivity index is 2.21. The highest BCUT2D eigenvalue weighted by Crippen LogP contribution is 2.24. The molecule has 0 amide bonds. The lowest BCUT2D eigenvalue weighted by Gasteiger charge is -2.13. The van der Waals surface area contributed by atoms with Crippen LogP contribution in [0.2, 0.25) is 10.0 Å². The monoisotopic (exact) mass is 370 g/mol. The van der Waals surface area contributed by atoms with Crippen LogP contribution in [0.1, 0.15) is 30.8 Å². The number of hydrogen-bond acceptors (Lipinski definition) is 2. The largest absolute Gasteiger partial charge is 0.360 e. The number of nitrogens with zero attached hydrogens (tertiary/aromatic N) is 2. The molecule has 1 heterocycles. The number of halogens is 2. The first-order chi connectivity index (χ1) is 10.8. The number of benzene rings is 1. The van der Waals surface area contributed by atoms with Crippen molar-refractivity contribution >= 4 is 46.2 Å². The number of anilines is 1. The lowest BCUT2D eigenvalue weighted by Crippen LogP contribution is -2.34. The van der Waals surface area contributed by atoms with E-state index >= 15 is 0 Å². The Labute approximate surface area is 152 Å². The van der Waals surface area contributed by atoms with Crippen molar-refractivity contribution < 1.29 is 0 Å². The van der Waals surface area contributed by atoms with Gasteiger partial charge >= 0.3 is 0 Å². The Bertz CT molecular complexity index is 725. The summed E-state index contributed by atoms with van der Waals surface area (Å²) in [7, 11) is 0. The van der Waals surface area contributed by atoms with E-state index < -0.39 is 0 Å². The Morgan fingerprint density at radius 3 is 2.61 bits per heavy atom. The molecule has 1 aromatic carbocycles. The SMILES string of the molecule is Cc1nn(Cc2ccc(Cl)cc2Cl)c(C)c1NC(=S)NC(C)C. The van der Waals surface area contributed by atoms with Crippen molar-refractivity contribution in [1.29, 1.82) is 0 Å². The van der Waals surface area contributed by atoms with Crippen molar-refractivity contribution in [2.24, 2.45) is 0 Å². The quantitative estimate of drug-likeness (QED) is 0.774. The summed E-state index contributed by atoms with van der Waals surface area (Å²) in [4.78, 5) is 0. The minimum Gasteiger partial charge on any atom is -0.360 e. The molecule has 0 radical (unpaired) electrons. The summed E-state index contributed by atoms with van der Waals surface area (Å²) < 4.78 is 1.91. The van der Waals surface area contributed by atoms with Crippen LogP contribution < -0.4 is 10.6 Å². The first-order valence-electron chi connectivity index (χ1n) is 7.33. The number of aryl methyl sites for hydroxylation is 1. The first-order valence-corrected chi connectivity index (χ1v) is 8.49. The van der Waals surface area contributed by atoms with Crippen LogP contribution in [0.25, 0.3) is 0 Å². The third-order valence-electron chi connectivity index (χ3n) is 3.38. The maximum Gasteiger partial charge on any atom is 0.171 e. The van der Waals surface area contributed by atoms with Gasteiger partial charge in [0.15, 0.2) is 5.11 Å². The average molecular weight is 371 g/mol. The van der Waals surface area contributed by atoms with Crippen LogP contribution in [-0.2, 0) is 6.54 Å². The highest BCUT2D eigenvalue weighted by atomic mass is 35.5. The topological polar surface area (TPSA) is 41.9 Å². The summed E-state index contributed by atoms with van der Waals surface area (Å²) in [5.41, 5.74) is 3.78. The Kier molecular flexibility index (Phi) is 5.89. The Morgan fingerprint density at radius 1 is 1.30 bits per heavy atom. The minimum absolute atomic E-state index is 0.276. The second-order valence-electron chi connectivity index (χ2n) is 5.69. The van der Waals surface area contributed by atoms with Gasteiger partial charge in [0.1, 0.15) is 0 Å². The zero-order chi connectivity index (χ0) is 17.1. The number of nitrogens with one attached hydrogen (secondary N) is 2. The van der Waals surface area contributed by atoms with Gasteiger partial charge in [0.25, 0.3) is 0 Å². The van der Waals surface area contributed by atoms with Gasteiger partial charge in [-0.25, -0.2) is 0 Å². The van der Waals surface area contributed by atoms with Crippen molar-refractivity contribution in [2.75, 3.05) is 5.32 Å². The molecule has 124 valence electrons. The van der Waals surface area contributed by atoms with Crippen LogP contribution >= 0.6 is 35.4 Å². The molecule has 2 aromatic rings. The molecule has 0 aliphatic rings. The van der Waals surface area contributed by atoms with E-state index in [1.165, 1.54) is 0 Å². The fourth-order valence-electron chi connectivity index (χ4n) is 2.25. The Hall–Kier alpha value is -1.30. The third-order valence-corrected chi connectivity index (χ3v) is 4.18. The van der Waals surface area contributed by atoms with Crippen LogP contribution in [0.3, 0.4) is 0 Å². The van der Waals surface area contributed by atoms with E-state index in [4.69, 9.17) is 35.4 Å². The molecule has 0 atom stereocenters. The fraction of sp³-hybridized carbons (Fsp3) is 0.375. The van der Waals surface area contributed by atoms with Crippen LogP contribution in [0, 0.1) is 13.8 Å². The van der Waals surface area contributed by atoms with E-state index in [0.29, 0.717) is 21.7 Å². The van der Waals surface area contributed by atoms with E-state index in [0.717, 1.165) is 22.6 Å². The summed E-state index contributed by atoms with van der Waals surface area (Å²) >= 11 is 17.5. The van der Waals surface area contributed by atoms with Crippen molar-refractivity contribution in [1.82, 2.24) is 15.1 Å². The van der Waals surface area contributed by atoms with Gasteiger partial charge in [-0.05, 0) is 57.6 Å². The zero-order valence-corrected chi connectivity index (χ0v) is 15.9. The van der Waals surface area contributed by atoms with E-state index in [1.807, 2.05) is 44.5 Å². The third kappa shape index (κ3) is 4.59. The molecule has 2 rings (SSSR count). The molecule has 0 saturated carbocycles. The van der Waals surface area contributed by atoms with Crippen LogP contribution in [-0.4, -0.2) is 20.9 Å². The van der Waals surface area contributed by atoms with Crippen molar-refractivity contribution in [2.45, 2.75) is 40.3 Å². The summed E-state index contributed by atoms with van der Waals surface area (Å²) in [6, 6.07) is 5.76. The standard InChI is InChI=1S/C16H20Cl2N4S/c1-9(2)19-16(23)20-15-10(3)21-22(11(15)4)8-12-5-6-13(17)7-14(12)18/h5-7,9H,8H2,1-4H3,(H2,19,20,23). The molecule has 0 aliphatic heterocycles. The highest BCUT2D eigenvalue weighted by molar-refractivity contribution is 7.80. The molecule has 0 unspecified atom stereocenters. The summed E-state index contributed by atoms with van der Waals surface area (Å²) in [6.07, 6.45) is 0. The zero-order valence-electron chi connectivity index (χ0n) is 13.6. The van der Waals surface area contributed by atoms with E-state index in [2.05, 4.69) is 15.7 Å². The predicted octanol–water partition coefficient (Wildman–Crippen LogP) is 4.55. The first kappa shape index (κ1) is 18.0. The van der Waals surface area contributed by atoms with Gasteiger partial charge in [-0.2, -0.15) is 5.10 Å². The van der Waals surface area contributed by atoms with Gasteiger partial charge in [0.05, 0.1) is 23.6 Å². The minimum atomic E-state index is 0.276. The summed E-state index contributed by atoms with van der Waals surface area (Å²) in [6.45, 7) is 8.62. The molecular weight excluding hydrogens is 351 g/mol. The second-order valence-corrected chi connectivity index (χ2v) is 6.94. The molecule has 0 bridgehead atoms. The number of aromatic nitrogens is 2. The van der Waals surface area contributed by atoms with Crippen molar-refractivity contribution in [3.05, 3.63) is 45.2 Å². The van der Waals surface area contributed by atoms with Gasteiger partial charge < -0.3 is 10.6 Å². The molecule has 4 nitrogen and oxygen atoms in total. The number of thiocarbonyl (C=S) groups is 1.